The molecule has 0 radical (unpaired) electrons. The van der Waals surface area contributed by atoms with Crippen LogP contribution in [0.5, 0.6) is 23.0 Å². The van der Waals surface area contributed by atoms with Gasteiger partial charge in [-0.25, -0.2) is 0 Å². The van der Waals surface area contributed by atoms with Crippen molar-refractivity contribution < 1.29 is 28.2 Å². The van der Waals surface area contributed by atoms with Gasteiger partial charge in [-0.15, -0.1) is 0 Å². The van der Waals surface area contributed by atoms with Crippen molar-refractivity contribution in [3.05, 3.63) is 78.1 Å². The molecule has 0 saturated carbocycles. The van der Waals surface area contributed by atoms with Crippen LogP contribution in [0.1, 0.15) is 25.0 Å². The molecule has 0 spiro atoms. The Morgan fingerprint density at radius 2 is 1.86 bits per heavy atom. The molecule has 7 nitrogen and oxygen atoms in total. The first kappa shape index (κ1) is 23.4. The van der Waals surface area contributed by atoms with E-state index in [1.54, 1.807) is 19.4 Å². The van der Waals surface area contributed by atoms with Gasteiger partial charge in [0.05, 0.1) is 20.0 Å². The number of allylic oxidation sites excluding steroid dienone is 1. The zero-order valence-electron chi connectivity index (χ0n) is 20.4. The molecule has 1 aromatic heterocycles. The van der Waals surface area contributed by atoms with Gasteiger partial charge in [-0.05, 0) is 60.9 Å². The second kappa shape index (κ2) is 10.1. The number of rotatable bonds is 8. The highest BCUT2D eigenvalue weighted by Gasteiger charge is 2.16. The minimum Gasteiger partial charge on any atom is -0.496 e. The summed E-state index contributed by atoms with van der Waals surface area (Å²) in [6, 6.07) is 17.4. The summed E-state index contributed by atoms with van der Waals surface area (Å²) in [5, 5.41) is 3.86. The van der Waals surface area contributed by atoms with Gasteiger partial charge in [-0.3, -0.25) is 4.79 Å². The fourth-order valence-electron chi connectivity index (χ4n) is 4.22. The lowest BCUT2D eigenvalue weighted by Crippen LogP contribution is -2.20. The van der Waals surface area contributed by atoms with Crippen LogP contribution in [0.25, 0.3) is 27.7 Å². The monoisotopic (exact) mass is 485 g/mol. The molecule has 0 bridgehead atoms. The molecule has 5 rings (SSSR count). The Morgan fingerprint density at radius 3 is 2.64 bits per heavy atom. The van der Waals surface area contributed by atoms with Crippen molar-refractivity contribution in [1.29, 1.82) is 0 Å². The number of hydrogen-bond acceptors (Lipinski definition) is 6. The average Bonchev–Trinajstić information content (AvgIpc) is 3.53. The van der Waals surface area contributed by atoms with Crippen LogP contribution in [-0.4, -0.2) is 26.4 Å². The summed E-state index contributed by atoms with van der Waals surface area (Å²) in [6.07, 6.45) is 3.31. The molecule has 0 unspecified atom stereocenters. The van der Waals surface area contributed by atoms with E-state index in [0.29, 0.717) is 36.0 Å². The van der Waals surface area contributed by atoms with Crippen molar-refractivity contribution in [2.45, 2.75) is 20.4 Å². The first-order valence-corrected chi connectivity index (χ1v) is 11.7. The third-order valence-electron chi connectivity index (χ3n) is 6.05. The van der Waals surface area contributed by atoms with E-state index in [2.05, 4.69) is 5.32 Å². The van der Waals surface area contributed by atoms with E-state index >= 15 is 0 Å². The number of methoxy groups -OCH3 is 1. The smallest absolute Gasteiger partial charge is 0.244 e. The van der Waals surface area contributed by atoms with E-state index < -0.39 is 0 Å². The third-order valence-corrected chi connectivity index (χ3v) is 6.05. The van der Waals surface area contributed by atoms with Crippen molar-refractivity contribution >= 4 is 22.4 Å². The van der Waals surface area contributed by atoms with Crippen LogP contribution < -0.4 is 24.3 Å². The predicted molar refractivity (Wildman–Crippen MR) is 137 cm³/mol. The molecule has 184 valence electrons. The topological polar surface area (TPSA) is 79.2 Å². The van der Waals surface area contributed by atoms with Crippen LogP contribution in [0, 0.1) is 0 Å². The maximum Gasteiger partial charge on any atom is 0.244 e. The van der Waals surface area contributed by atoms with E-state index in [0.717, 1.165) is 39.0 Å². The molecule has 2 heterocycles. The van der Waals surface area contributed by atoms with Crippen LogP contribution >= 0.6 is 0 Å². The van der Waals surface area contributed by atoms with Gasteiger partial charge in [0.15, 0.2) is 11.5 Å². The minimum absolute atomic E-state index is 0.203. The molecule has 1 aliphatic heterocycles. The summed E-state index contributed by atoms with van der Waals surface area (Å²) >= 11 is 0. The highest BCUT2D eigenvalue weighted by atomic mass is 16.7. The molecule has 1 aliphatic rings. The molecular weight excluding hydrogens is 458 g/mol. The first-order chi connectivity index (χ1) is 17.6. The summed E-state index contributed by atoms with van der Waals surface area (Å²) < 4.78 is 27.7. The Morgan fingerprint density at radius 1 is 1.06 bits per heavy atom. The number of hydrogen-bond donors (Lipinski definition) is 1. The van der Waals surface area contributed by atoms with E-state index in [-0.39, 0.29) is 12.7 Å². The average molecular weight is 486 g/mol. The molecule has 4 aromatic rings. The summed E-state index contributed by atoms with van der Waals surface area (Å²) in [7, 11) is 1.61. The number of nitrogens with one attached hydrogen (secondary N) is 1. The molecule has 36 heavy (non-hydrogen) atoms. The minimum atomic E-state index is -0.203. The van der Waals surface area contributed by atoms with Crippen LogP contribution in [0.2, 0.25) is 0 Å². The van der Waals surface area contributed by atoms with E-state index in [1.165, 1.54) is 0 Å². The first-order valence-electron chi connectivity index (χ1n) is 11.7. The Kier molecular flexibility index (Phi) is 6.54. The van der Waals surface area contributed by atoms with Gasteiger partial charge in [0.2, 0.25) is 12.7 Å². The maximum atomic E-state index is 12.7. The van der Waals surface area contributed by atoms with Crippen molar-refractivity contribution in [1.82, 2.24) is 5.32 Å². The van der Waals surface area contributed by atoms with E-state index in [9.17, 15) is 4.79 Å². The zero-order valence-corrected chi connectivity index (χ0v) is 20.4. The highest BCUT2D eigenvalue weighted by molar-refractivity contribution is 6.00. The van der Waals surface area contributed by atoms with Gasteiger partial charge < -0.3 is 28.7 Å². The Bertz CT molecular complexity index is 1430. The predicted octanol–water partition coefficient (Wildman–Crippen LogP) is 5.96. The molecule has 0 saturated heterocycles. The van der Waals surface area contributed by atoms with E-state index in [4.69, 9.17) is 23.4 Å². The van der Waals surface area contributed by atoms with Crippen LogP contribution in [0.15, 0.2) is 71.4 Å². The number of carbonyl (C=O) groups is 1. The summed E-state index contributed by atoms with van der Waals surface area (Å²) in [5.74, 6) is 2.66. The lowest BCUT2D eigenvalue weighted by atomic mass is 9.99. The SMILES string of the molecule is CCOc1ccc(-c2coc3cc(OC)c(/C(C)=C/C(=O)NCc4ccc5c(c4)OCO5)cc23)cc1. The Hall–Kier alpha value is -4.39. The second-order valence-corrected chi connectivity index (χ2v) is 8.39. The van der Waals surface area contributed by atoms with Crippen molar-refractivity contribution in [2.75, 3.05) is 20.5 Å². The van der Waals surface area contributed by atoms with Gasteiger partial charge in [0, 0.05) is 35.2 Å². The number of furan rings is 1. The summed E-state index contributed by atoms with van der Waals surface area (Å²) in [4.78, 5) is 12.7. The van der Waals surface area contributed by atoms with E-state index in [1.807, 2.05) is 68.4 Å². The van der Waals surface area contributed by atoms with Gasteiger partial charge in [-0.2, -0.15) is 0 Å². The second-order valence-electron chi connectivity index (χ2n) is 8.39. The van der Waals surface area contributed by atoms with Crippen molar-refractivity contribution in [3.8, 4) is 34.1 Å². The third kappa shape index (κ3) is 4.73. The Balaban J connectivity index is 1.38. The lowest BCUT2D eigenvalue weighted by molar-refractivity contribution is -0.116. The number of ether oxygens (including phenoxy) is 4. The van der Waals surface area contributed by atoms with Crippen molar-refractivity contribution in [2.24, 2.45) is 0 Å². The quantitative estimate of drug-likeness (QED) is 0.311. The fraction of sp³-hybridized carbons (Fsp3) is 0.207. The molecule has 0 atom stereocenters. The van der Waals surface area contributed by atoms with Gasteiger partial charge >= 0.3 is 0 Å². The van der Waals surface area contributed by atoms with Gasteiger partial charge in [0.1, 0.15) is 17.1 Å². The summed E-state index contributed by atoms with van der Waals surface area (Å²) in [5.41, 5.74) is 5.19. The molecule has 1 N–H and O–H groups in total. The number of carbonyl (C=O) groups excluding carboxylic acids is 1. The standard InChI is InChI=1S/C29H27NO6/c1-4-33-21-8-6-20(7-9-21)24-16-34-27-14-26(32-3)22(13-23(24)27)18(2)11-29(31)30-15-19-5-10-25-28(12-19)36-17-35-25/h5-14,16H,4,15,17H2,1-3H3,(H,30,31)/b18-11+. The highest BCUT2D eigenvalue weighted by Crippen LogP contribution is 2.38. The summed E-state index contributed by atoms with van der Waals surface area (Å²) in [6.45, 7) is 5.06. The zero-order chi connectivity index (χ0) is 25.1. The molecular formula is C29H27NO6. The fourth-order valence-corrected chi connectivity index (χ4v) is 4.22. The van der Waals surface area contributed by atoms with Crippen LogP contribution in [0.3, 0.4) is 0 Å². The molecule has 0 fully saturated rings. The number of benzene rings is 3. The maximum absolute atomic E-state index is 12.7. The number of amides is 1. The van der Waals surface area contributed by atoms with Gasteiger partial charge in [0.25, 0.3) is 0 Å². The lowest BCUT2D eigenvalue weighted by Gasteiger charge is -2.10. The molecule has 3 aromatic carbocycles. The van der Waals surface area contributed by atoms with Gasteiger partial charge in [-0.1, -0.05) is 18.2 Å². The van der Waals surface area contributed by atoms with Crippen LogP contribution in [-0.2, 0) is 11.3 Å². The normalized spacial score (nSPS) is 12.6. The van der Waals surface area contributed by atoms with Crippen LogP contribution in [0.4, 0.5) is 0 Å². The molecule has 0 aliphatic carbocycles. The molecule has 7 heteroatoms. The largest absolute Gasteiger partial charge is 0.496 e. The molecule has 1 amide bonds. The number of fused-ring (bicyclic) bond motifs is 2. The Labute approximate surface area is 209 Å². The van der Waals surface area contributed by atoms with Crippen molar-refractivity contribution in [3.63, 3.8) is 0 Å².